The van der Waals surface area contributed by atoms with Gasteiger partial charge in [0.2, 0.25) is 11.8 Å². The fourth-order valence-corrected chi connectivity index (χ4v) is 3.85. The summed E-state index contributed by atoms with van der Waals surface area (Å²) in [7, 11) is 0. The number of amides is 2. The minimum atomic E-state index is -0.524. The third-order valence-electron chi connectivity index (χ3n) is 4.82. The van der Waals surface area contributed by atoms with Gasteiger partial charge in [-0.1, -0.05) is 54.1 Å². The molecule has 5 heteroatoms. The lowest BCUT2D eigenvalue weighted by molar-refractivity contribution is -0.138. The van der Waals surface area contributed by atoms with Gasteiger partial charge in [0, 0.05) is 18.3 Å². The van der Waals surface area contributed by atoms with E-state index >= 15 is 0 Å². The van der Waals surface area contributed by atoms with E-state index in [0.717, 1.165) is 16.9 Å². The van der Waals surface area contributed by atoms with Crippen LogP contribution < -0.4 is 5.32 Å². The van der Waals surface area contributed by atoms with Crippen LogP contribution in [0.2, 0.25) is 0 Å². The van der Waals surface area contributed by atoms with Crippen molar-refractivity contribution in [2.24, 2.45) is 0 Å². The van der Waals surface area contributed by atoms with Crippen LogP contribution in [-0.4, -0.2) is 34.6 Å². The first-order chi connectivity index (χ1) is 13.8. The molecule has 0 aromatic heterocycles. The average Bonchev–Trinajstić information content (AvgIpc) is 2.67. The molecule has 29 heavy (non-hydrogen) atoms. The lowest BCUT2D eigenvalue weighted by Crippen LogP contribution is -2.49. The molecule has 0 aliphatic carbocycles. The summed E-state index contributed by atoms with van der Waals surface area (Å²) in [6.07, 6.45) is 0. The number of hydrogen-bond donors (Lipinski definition) is 1. The highest BCUT2D eigenvalue weighted by Gasteiger charge is 2.26. The second kappa shape index (κ2) is 11.1. The van der Waals surface area contributed by atoms with Crippen LogP contribution in [0.3, 0.4) is 0 Å². The van der Waals surface area contributed by atoms with Gasteiger partial charge in [0.25, 0.3) is 0 Å². The molecular formula is C24H32N2O2S. The normalized spacial score (nSPS) is 11.9. The van der Waals surface area contributed by atoms with E-state index in [-0.39, 0.29) is 17.9 Å². The first-order valence-corrected chi connectivity index (χ1v) is 11.2. The highest BCUT2D eigenvalue weighted by Crippen LogP contribution is 2.18. The number of carbonyl (C=O) groups is 2. The smallest absolute Gasteiger partial charge is 0.242 e. The number of thioether (sulfide) groups is 1. The standard InChI is InChI=1S/C24H32N2O2S/c1-17(2)25-24(28)20(5)26(14-22-9-7-6-8-19(22)4)23(27)16-29-15-21-12-10-18(3)11-13-21/h6-13,17,20H,14-16H2,1-5H3,(H,25,28). The minimum absolute atomic E-state index is 0.0169. The molecule has 0 spiro atoms. The summed E-state index contributed by atoms with van der Waals surface area (Å²) in [6, 6.07) is 15.9. The fourth-order valence-electron chi connectivity index (χ4n) is 2.98. The van der Waals surface area contributed by atoms with Crippen LogP contribution in [0, 0.1) is 13.8 Å². The lowest BCUT2D eigenvalue weighted by atomic mass is 10.1. The number of hydrogen-bond acceptors (Lipinski definition) is 3. The van der Waals surface area contributed by atoms with Gasteiger partial charge in [0.15, 0.2) is 0 Å². The van der Waals surface area contributed by atoms with Crippen molar-refractivity contribution in [3.8, 4) is 0 Å². The largest absolute Gasteiger partial charge is 0.352 e. The number of aryl methyl sites for hydroxylation is 2. The van der Waals surface area contributed by atoms with Crippen LogP contribution >= 0.6 is 11.8 Å². The summed E-state index contributed by atoms with van der Waals surface area (Å²) in [4.78, 5) is 27.3. The Morgan fingerprint density at radius 1 is 1.00 bits per heavy atom. The Bertz CT molecular complexity index is 818. The molecule has 2 rings (SSSR count). The Balaban J connectivity index is 2.07. The predicted molar refractivity (Wildman–Crippen MR) is 122 cm³/mol. The van der Waals surface area contributed by atoms with Gasteiger partial charge in [-0.2, -0.15) is 0 Å². The molecule has 0 fully saturated rings. The van der Waals surface area contributed by atoms with Gasteiger partial charge in [-0.15, -0.1) is 11.8 Å². The Hall–Kier alpha value is -2.27. The summed E-state index contributed by atoms with van der Waals surface area (Å²) < 4.78 is 0. The van der Waals surface area contributed by atoms with E-state index in [9.17, 15) is 9.59 Å². The number of benzene rings is 2. The topological polar surface area (TPSA) is 49.4 Å². The molecule has 2 aromatic carbocycles. The molecule has 1 N–H and O–H groups in total. The van der Waals surface area contributed by atoms with Crippen LogP contribution in [-0.2, 0) is 21.9 Å². The number of nitrogens with one attached hydrogen (secondary N) is 1. The van der Waals surface area contributed by atoms with Crippen molar-refractivity contribution in [3.05, 3.63) is 70.8 Å². The molecule has 0 saturated heterocycles. The Labute approximate surface area is 179 Å². The predicted octanol–water partition coefficient (Wildman–Crippen LogP) is 4.48. The van der Waals surface area contributed by atoms with Crippen LogP contribution in [0.15, 0.2) is 48.5 Å². The summed E-state index contributed by atoms with van der Waals surface area (Å²) in [5.74, 6) is 0.984. The van der Waals surface area contributed by atoms with E-state index in [2.05, 4.69) is 36.5 Å². The zero-order valence-electron chi connectivity index (χ0n) is 18.1. The van der Waals surface area contributed by atoms with Crippen LogP contribution in [0.4, 0.5) is 0 Å². The quantitative estimate of drug-likeness (QED) is 0.661. The van der Waals surface area contributed by atoms with Crippen LogP contribution in [0.25, 0.3) is 0 Å². The maximum absolute atomic E-state index is 13.1. The van der Waals surface area contributed by atoms with E-state index in [1.165, 1.54) is 11.1 Å². The molecule has 1 atom stereocenters. The first-order valence-electron chi connectivity index (χ1n) is 10.1. The molecule has 0 bridgehead atoms. The Morgan fingerprint density at radius 2 is 1.66 bits per heavy atom. The monoisotopic (exact) mass is 412 g/mol. The minimum Gasteiger partial charge on any atom is -0.352 e. The summed E-state index contributed by atoms with van der Waals surface area (Å²) in [6.45, 7) is 10.2. The maximum atomic E-state index is 13.1. The van der Waals surface area contributed by atoms with Gasteiger partial charge in [-0.3, -0.25) is 9.59 Å². The third-order valence-corrected chi connectivity index (χ3v) is 5.80. The van der Waals surface area contributed by atoms with Crippen molar-refractivity contribution in [2.75, 3.05) is 5.75 Å². The fraction of sp³-hybridized carbons (Fsp3) is 0.417. The molecule has 2 amide bonds. The molecule has 0 heterocycles. The van der Waals surface area contributed by atoms with Crippen molar-refractivity contribution in [1.29, 1.82) is 0 Å². The van der Waals surface area contributed by atoms with Crippen LogP contribution in [0.1, 0.15) is 43.0 Å². The molecule has 1 unspecified atom stereocenters. The summed E-state index contributed by atoms with van der Waals surface area (Å²) in [5, 5.41) is 2.93. The van der Waals surface area contributed by atoms with Gasteiger partial charge in [0.05, 0.1) is 5.75 Å². The lowest BCUT2D eigenvalue weighted by Gasteiger charge is -2.30. The van der Waals surface area contributed by atoms with Crippen molar-refractivity contribution < 1.29 is 9.59 Å². The summed E-state index contributed by atoms with van der Waals surface area (Å²) in [5.41, 5.74) is 4.61. The van der Waals surface area contributed by atoms with E-state index in [1.54, 1.807) is 23.6 Å². The van der Waals surface area contributed by atoms with E-state index in [4.69, 9.17) is 0 Å². The van der Waals surface area contributed by atoms with Gasteiger partial charge in [0.1, 0.15) is 6.04 Å². The average molecular weight is 413 g/mol. The third kappa shape index (κ3) is 7.24. The zero-order valence-corrected chi connectivity index (χ0v) is 18.9. The van der Waals surface area contributed by atoms with Gasteiger partial charge in [-0.05, 0) is 51.3 Å². The highest BCUT2D eigenvalue weighted by molar-refractivity contribution is 7.99. The number of rotatable bonds is 9. The second-order valence-corrected chi connectivity index (χ2v) is 8.75. The molecular weight excluding hydrogens is 380 g/mol. The molecule has 4 nitrogen and oxygen atoms in total. The number of nitrogens with zero attached hydrogens (tertiary/aromatic N) is 1. The molecule has 0 saturated carbocycles. The van der Waals surface area contributed by atoms with Crippen LogP contribution in [0.5, 0.6) is 0 Å². The maximum Gasteiger partial charge on any atom is 0.242 e. The van der Waals surface area contributed by atoms with Crippen molar-refractivity contribution >= 4 is 23.6 Å². The van der Waals surface area contributed by atoms with Gasteiger partial charge < -0.3 is 10.2 Å². The van der Waals surface area contributed by atoms with E-state index < -0.39 is 6.04 Å². The molecule has 2 aromatic rings. The zero-order chi connectivity index (χ0) is 21.4. The molecule has 0 radical (unpaired) electrons. The van der Waals surface area contributed by atoms with E-state index in [1.807, 2.05) is 45.0 Å². The first kappa shape index (κ1) is 23.0. The van der Waals surface area contributed by atoms with E-state index in [0.29, 0.717) is 12.3 Å². The van der Waals surface area contributed by atoms with Crippen molar-refractivity contribution in [3.63, 3.8) is 0 Å². The van der Waals surface area contributed by atoms with Gasteiger partial charge >= 0.3 is 0 Å². The summed E-state index contributed by atoms with van der Waals surface area (Å²) >= 11 is 1.58. The van der Waals surface area contributed by atoms with Gasteiger partial charge in [-0.25, -0.2) is 0 Å². The van der Waals surface area contributed by atoms with Crippen molar-refractivity contribution in [1.82, 2.24) is 10.2 Å². The Morgan fingerprint density at radius 3 is 2.28 bits per heavy atom. The van der Waals surface area contributed by atoms with Crippen molar-refractivity contribution in [2.45, 2.75) is 59.0 Å². The highest BCUT2D eigenvalue weighted by atomic mass is 32.2. The number of carbonyl (C=O) groups excluding carboxylic acids is 2. The SMILES string of the molecule is Cc1ccc(CSCC(=O)N(Cc2ccccc2C)C(C)C(=O)NC(C)C)cc1. The Kier molecular flexibility index (Phi) is 8.77. The molecule has 156 valence electrons. The second-order valence-electron chi connectivity index (χ2n) is 7.77. The molecule has 0 aliphatic rings. The molecule has 0 aliphatic heterocycles.